The maximum absolute atomic E-state index is 12.1. The molecule has 0 radical (unpaired) electrons. The first-order valence-corrected chi connectivity index (χ1v) is 7.50. The number of hydrogen-bond acceptors (Lipinski definition) is 4. The highest BCUT2D eigenvalue weighted by Gasteiger charge is 2.22. The molecule has 0 spiro atoms. The molecule has 1 saturated heterocycles. The van der Waals surface area contributed by atoms with Crippen molar-refractivity contribution < 1.29 is 4.79 Å². The third-order valence-electron chi connectivity index (χ3n) is 4.14. The van der Waals surface area contributed by atoms with Crippen LogP contribution in [0.1, 0.15) is 18.4 Å². The highest BCUT2D eigenvalue weighted by atomic mass is 16.2. The van der Waals surface area contributed by atoms with E-state index in [9.17, 15) is 4.79 Å². The van der Waals surface area contributed by atoms with Crippen LogP contribution in [0.25, 0.3) is 0 Å². The van der Waals surface area contributed by atoms with Gasteiger partial charge in [0.1, 0.15) is 0 Å². The monoisotopic (exact) mass is 290 g/mol. The standard InChI is InChI=1S/C16H26N4O/c1-12-4-5-15(14(17)10-12)18-16(21)11-20-8-6-13(7-9-20)19(2)3/h4-5,10,13H,6-9,11,17H2,1-3H3,(H,18,21). The normalized spacial score (nSPS) is 17.1. The van der Waals surface area contributed by atoms with Crippen LogP contribution >= 0.6 is 0 Å². The lowest BCUT2D eigenvalue weighted by Crippen LogP contribution is -2.44. The number of nitrogens with two attached hydrogens (primary N) is 1. The average Bonchev–Trinajstić information content (AvgIpc) is 2.42. The minimum absolute atomic E-state index is 0.00820. The van der Waals surface area contributed by atoms with Crippen molar-refractivity contribution in [3.8, 4) is 0 Å². The maximum Gasteiger partial charge on any atom is 0.238 e. The van der Waals surface area contributed by atoms with Gasteiger partial charge in [0.2, 0.25) is 5.91 Å². The Morgan fingerprint density at radius 3 is 2.62 bits per heavy atom. The second kappa shape index (κ2) is 6.91. The number of carbonyl (C=O) groups excluding carboxylic acids is 1. The van der Waals surface area contributed by atoms with Gasteiger partial charge in [0.25, 0.3) is 0 Å². The summed E-state index contributed by atoms with van der Waals surface area (Å²) >= 11 is 0. The Morgan fingerprint density at radius 1 is 1.38 bits per heavy atom. The smallest absolute Gasteiger partial charge is 0.238 e. The van der Waals surface area contributed by atoms with Gasteiger partial charge in [0.15, 0.2) is 0 Å². The zero-order valence-corrected chi connectivity index (χ0v) is 13.2. The van der Waals surface area contributed by atoms with E-state index in [0.717, 1.165) is 31.5 Å². The number of carbonyl (C=O) groups is 1. The summed E-state index contributed by atoms with van der Waals surface area (Å²) in [7, 11) is 4.24. The number of aryl methyl sites for hydroxylation is 1. The van der Waals surface area contributed by atoms with E-state index in [0.29, 0.717) is 24.0 Å². The van der Waals surface area contributed by atoms with Gasteiger partial charge in [-0.15, -0.1) is 0 Å². The lowest BCUT2D eigenvalue weighted by molar-refractivity contribution is -0.117. The molecule has 5 heteroatoms. The van der Waals surface area contributed by atoms with E-state index in [4.69, 9.17) is 5.73 Å². The van der Waals surface area contributed by atoms with Crippen molar-refractivity contribution in [3.05, 3.63) is 23.8 Å². The molecule has 1 aliphatic rings. The van der Waals surface area contributed by atoms with Gasteiger partial charge in [-0.25, -0.2) is 0 Å². The third kappa shape index (κ3) is 4.44. The molecule has 1 aliphatic heterocycles. The number of nitrogens with one attached hydrogen (secondary N) is 1. The molecule has 1 heterocycles. The molecule has 5 nitrogen and oxygen atoms in total. The SMILES string of the molecule is Cc1ccc(NC(=O)CN2CCC(N(C)C)CC2)c(N)c1. The largest absolute Gasteiger partial charge is 0.397 e. The van der Waals surface area contributed by atoms with Gasteiger partial charge in [-0.3, -0.25) is 9.69 Å². The van der Waals surface area contributed by atoms with Crippen molar-refractivity contribution in [1.82, 2.24) is 9.80 Å². The van der Waals surface area contributed by atoms with Gasteiger partial charge < -0.3 is 16.0 Å². The topological polar surface area (TPSA) is 61.6 Å². The van der Waals surface area contributed by atoms with Crippen LogP contribution in [0.15, 0.2) is 18.2 Å². The predicted molar refractivity (Wildman–Crippen MR) is 87.4 cm³/mol. The average molecular weight is 290 g/mol. The van der Waals surface area contributed by atoms with Crippen molar-refractivity contribution in [3.63, 3.8) is 0 Å². The number of nitrogen functional groups attached to an aromatic ring is 1. The zero-order valence-electron chi connectivity index (χ0n) is 13.2. The van der Waals surface area contributed by atoms with Crippen LogP contribution in [0.4, 0.5) is 11.4 Å². The van der Waals surface area contributed by atoms with Gasteiger partial charge in [0.05, 0.1) is 17.9 Å². The molecule has 1 aromatic carbocycles. The van der Waals surface area contributed by atoms with E-state index in [2.05, 4.69) is 29.2 Å². The van der Waals surface area contributed by atoms with Crippen LogP contribution in [0.5, 0.6) is 0 Å². The first kappa shape index (κ1) is 15.8. The van der Waals surface area contributed by atoms with E-state index in [1.807, 2.05) is 25.1 Å². The second-order valence-corrected chi connectivity index (χ2v) is 6.11. The Hall–Kier alpha value is -1.59. The van der Waals surface area contributed by atoms with E-state index in [1.165, 1.54) is 0 Å². The Labute approximate surface area is 127 Å². The summed E-state index contributed by atoms with van der Waals surface area (Å²) in [5.41, 5.74) is 8.34. The summed E-state index contributed by atoms with van der Waals surface area (Å²) in [5.74, 6) is 0.00820. The summed E-state index contributed by atoms with van der Waals surface area (Å²) < 4.78 is 0. The third-order valence-corrected chi connectivity index (χ3v) is 4.14. The van der Waals surface area contributed by atoms with Crippen molar-refractivity contribution in [2.24, 2.45) is 0 Å². The van der Waals surface area contributed by atoms with E-state index in [1.54, 1.807) is 0 Å². The number of hydrogen-bond donors (Lipinski definition) is 2. The molecule has 3 N–H and O–H groups in total. The molecule has 21 heavy (non-hydrogen) atoms. The Kier molecular flexibility index (Phi) is 5.20. The summed E-state index contributed by atoms with van der Waals surface area (Å²) in [4.78, 5) is 16.6. The molecule has 1 aromatic rings. The molecule has 0 aromatic heterocycles. The van der Waals surface area contributed by atoms with Crippen molar-refractivity contribution in [2.75, 3.05) is 44.8 Å². The number of rotatable bonds is 4. The highest BCUT2D eigenvalue weighted by molar-refractivity contribution is 5.95. The van der Waals surface area contributed by atoms with E-state index >= 15 is 0 Å². The molecule has 0 saturated carbocycles. The Balaban J connectivity index is 1.83. The Morgan fingerprint density at radius 2 is 2.05 bits per heavy atom. The molecule has 0 atom stereocenters. The van der Waals surface area contributed by atoms with Crippen LogP contribution in [-0.4, -0.2) is 55.5 Å². The van der Waals surface area contributed by atoms with Gasteiger partial charge in [0, 0.05) is 19.1 Å². The fourth-order valence-corrected chi connectivity index (χ4v) is 2.78. The maximum atomic E-state index is 12.1. The predicted octanol–water partition coefficient (Wildman–Crippen LogP) is 1.54. The van der Waals surface area contributed by atoms with Crippen molar-refractivity contribution in [2.45, 2.75) is 25.8 Å². The minimum atomic E-state index is 0.00820. The molecule has 0 unspecified atom stereocenters. The van der Waals surface area contributed by atoms with Crippen LogP contribution in [0.2, 0.25) is 0 Å². The molecule has 116 valence electrons. The summed E-state index contributed by atoms with van der Waals surface area (Å²) in [6.45, 7) is 4.36. The van der Waals surface area contributed by atoms with E-state index in [-0.39, 0.29) is 5.91 Å². The number of amides is 1. The van der Waals surface area contributed by atoms with Crippen LogP contribution in [0.3, 0.4) is 0 Å². The first-order chi connectivity index (χ1) is 9.95. The molecule has 1 fully saturated rings. The number of likely N-dealkylation sites (tertiary alicyclic amines) is 1. The Bertz CT molecular complexity index is 493. The molecule has 0 bridgehead atoms. The molecular formula is C16H26N4O. The molecular weight excluding hydrogens is 264 g/mol. The van der Waals surface area contributed by atoms with Gasteiger partial charge in [-0.1, -0.05) is 6.07 Å². The number of benzene rings is 1. The highest BCUT2D eigenvalue weighted by Crippen LogP contribution is 2.19. The minimum Gasteiger partial charge on any atom is -0.397 e. The summed E-state index contributed by atoms with van der Waals surface area (Å²) in [5, 5.41) is 2.90. The number of anilines is 2. The lowest BCUT2D eigenvalue weighted by Gasteiger charge is -2.34. The molecule has 2 rings (SSSR count). The molecule has 1 amide bonds. The number of nitrogens with zero attached hydrogens (tertiary/aromatic N) is 2. The van der Waals surface area contributed by atoms with Crippen molar-refractivity contribution >= 4 is 17.3 Å². The number of piperidine rings is 1. The molecule has 0 aliphatic carbocycles. The fraction of sp³-hybridized carbons (Fsp3) is 0.562. The summed E-state index contributed by atoms with van der Waals surface area (Å²) in [6, 6.07) is 6.32. The van der Waals surface area contributed by atoms with Crippen LogP contribution in [-0.2, 0) is 4.79 Å². The van der Waals surface area contributed by atoms with Crippen molar-refractivity contribution in [1.29, 1.82) is 0 Å². The van der Waals surface area contributed by atoms with Gasteiger partial charge >= 0.3 is 0 Å². The zero-order chi connectivity index (χ0) is 15.4. The van der Waals surface area contributed by atoms with Crippen LogP contribution in [0, 0.1) is 6.92 Å². The second-order valence-electron chi connectivity index (χ2n) is 6.11. The lowest BCUT2D eigenvalue weighted by atomic mass is 10.0. The fourth-order valence-electron chi connectivity index (χ4n) is 2.78. The van der Waals surface area contributed by atoms with Crippen LogP contribution < -0.4 is 11.1 Å². The van der Waals surface area contributed by atoms with Gasteiger partial charge in [-0.05, 0) is 51.6 Å². The van der Waals surface area contributed by atoms with Gasteiger partial charge in [-0.2, -0.15) is 0 Å². The van der Waals surface area contributed by atoms with E-state index < -0.39 is 0 Å². The first-order valence-electron chi connectivity index (χ1n) is 7.50. The summed E-state index contributed by atoms with van der Waals surface area (Å²) in [6.07, 6.45) is 2.24. The quantitative estimate of drug-likeness (QED) is 0.826.